The normalized spacial score (nSPS) is 9.94. The number of carbonyl (C=O) groups excluding carboxylic acids is 2. The SMILES string of the molecule is CCc1cc(C(N)=O)cc(C(=O)N(C)C)c1. The van der Waals surface area contributed by atoms with Crippen LogP contribution in [-0.4, -0.2) is 30.8 Å². The van der Waals surface area contributed by atoms with Crippen molar-refractivity contribution in [1.29, 1.82) is 0 Å². The van der Waals surface area contributed by atoms with Gasteiger partial charge in [-0.1, -0.05) is 6.92 Å². The molecular weight excluding hydrogens is 204 g/mol. The first kappa shape index (κ1) is 12.2. The van der Waals surface area contributed by atoms with Gasteiger partial charge in [0.15, 0.2) is 0 Å². The van der Waals surface area contributed by atoms with Gasteiger partial charge in [0.05, 0.1) is 0 Å². The van der Waals surface area contributed by atoms with Crippen molar-refractivity contribution in [2.45, 2.75) is 13.3 Å². The van der Waals surface area contributed by atoms with Crippen LogP contribution < -0.4 is 5.73 Å². The van der Waals surface area contributed by atoms with Crippen LogP contribution in [0.3, 0.4) is 0 Å². The van der Waals surface area contributed by atoms with Gasteiger partial charge in [-0.3, -0.25) is 9.59 Å². The minimum Gasteiger partial charge on any atom is -0.366 e. The van der Waals surface area contributed by atoms with Crippen LogP contribution in [-0.2, 0) is 6.42 Å². The van der Waals surface area contributed by atoms with Crippen LogP contribution in [0.4, 0.5) is 0 Å². The molecule has 0 aromatic heterocycles. The molecule has 2 amide bonds. The lowest BCUT2D eigenvalue weighted by Crippen LogP contribution is -2.22. The molecule has 0 aliphatic heterocycles. The lowest BCUT2D eigenvalue weighted by atomic mass is 10.0. The Bertz CT molecular complexity index is 425. The van der Waals surface area contributed by atoms with E-state index in [1.54, 1.807) is 26.2 Å². The van der Waals surface area contributed by atoms with Crippen molar-refractivity contribution >= 4 is 11.8 Å². The fourth-order valence-corrected chi connectivity index (χ4v) is 1.42. The van der Waals surface area contributed by atoms with Gasteiger partial charge in [-0.05, 0) is 30.2 Å². The summed E-state index contributed by atoms with van der Waals surface area (Å²) in [4.78, 5) is 24.3. The summed E-state index contributed by atoms with van der Waals surface area (Å²) in [5.41, 5.74) is 7.03. The van der Waals surface area contributed by atoms with Crippen molar-refractivity contribution in [3.8, 4) is 0 Å². The molecule has 0 unspecified atom stereocenters. The van der Waals surface area contributed by atoms with E-state index in [0.717, 1.165) is 12.0 Å². The van der Waals surface area contributed by atoms with E-state index in [2.05, 4.69) is 0 Å². The topological polar surface area (TPSA) is 63.4 Å². The molecule has 0 saturated carbocycles. The Morgan fingerprint density at radius 1 is 1.19 bits per heavy atom. The number of nitrogens with two attached hydrogens (primary N) is 1. The summed E-state index contributed by atoms with van der Waals surface area (Å²) in [5.74, 6) is -0.638. The summed E-state index contributed by atoms with van der Waals surface area (Å²) >= 11 is 0. The zero-order valence-electron chi connectivity index (χ0n) is 9.78. The Labute approximate surface area is 95.0 Å². The maximum absolute atomic E-state index is 11.8. The summed E-state index contributed by atoms with van der Waals surface area (Å²) in [6.07, 6.45) is 0.759. The van der Waals surface area contributed by atoms with Crippen molar-refractivity contribution in [3.05, 3.63) is 34.9 Å². The van der Waals surface area contributed by atoms with Crippen LogP contribution in [0.2, 0.25) is 0 Å². The minimum atomic E-state index is -0.511. The van der Waals surface area contributed by atoms with Crippen molar-refractivity contribution in [2.75, 3.05) is 14.1 Å². The largest absolute Gasteiger partial charge is 0.366 e. The summed E-state index contributed by atoms with van der Waals surface area (Å²) in [6.45, 7) is 1.96. The van der Waals surface area contributed by atoms with Gasteiger partial charge >= 0.3 is 0 Å². The van der Waals surface area contributed by atoms with E-state index in [1.165, 1.54) is 11.0 Å². The number of nitrogens with zero attached hydrogens (tertiary/aromatic N) is 1. The predicted molar refractivity (Wildman–Crippen MR) is 62.4 cm³/mol. The second-order valence-corrected chi connectivity index (χ2v) is 3.84. The van der Waals surface area contributed by atoms with E-state index in [9.17, 15) is 9.59 Å². The van der Waals surface area contributed by atoms with Gasteiger partial charge in [-0.25, -0.2) is 0 Å². The van der Waals surface area contributed by atoms with Crippen LogP contribution >= 0.6 is 0 Å². The molecular formula is C12H16N2O2. The number of benzene rings is 1. The maximum atomic E-state index is 11.8. The third-order valence-electron chi connectivity index (χ3n) is 2.34. The smallest absolute Gasteiger partial charge is 0.253 e. The highest BCUT2D eigenvalue weighted by Gasteiger charge is 2.12. The zero-order valence-corrected chi connectivity index (χ0v) is 9.78. The first-order valence-electron chi connectivity index (χ1n) is 5.11. The van der Waals surface area contributed by atoms with Crippen LogP contribution in [0.5, 0.6) is 0 Å². The van der Waals surface area contributed by atoms with Gasteiger partial charge in [0.1, 0.15) is 0 Å². The van der Waals surface area contributed by atoms with Crippen LogP contribution in [0.25, 0.3) is 0 Å². The van der Waals surface area contributed by atoms with Crippen molar-refractivity contribution in [2.24, 2.45) is 5.73 Å². The first-order valence-corrected chi connectivity index (χ1v) is 5.11. The lowest BCUT2D eigenvalue weighted by Gasteiger charge is -2.12. The Balaban J connectivity index is 3.24. The molecule has 0 fully saturated rings. The molecule has 1 aromatic carbocycles. The number of rotatable bonds is 3. The summed E-state index contributed by atoms with van der Waals surface area (Å²) in [5, 5.41) is 0. The minimum absolute atomic E-state index is 0.127. The third-order valence-corrected chi connectivity index (χ3v) is 2.34. The average Bonchev–Trinajstić information content (AvgIpc) is 2.27. The summed E-state index contributed by atoms with van der Waals surface area (Å²) < 4.78 is 0. The number of amides is 2. The van der Waals surface area contributed by atoms with E-state index >= 15 is 0 Å². The zero-order chi connectivity index (χ0) is 12.3. The summed E-state index contributed by atoms with van der Waals surface area (Å²) in [7, 11) is 3.34. The Kier molecular flexibility index (Phi) is 3.66. The number of primary amides is 1. The molecule has 1 aromatic rings. The first-order chi connectivity index (χ1) is 7.45. The second-order valence-electron chi connectivity index (χ2n) is 3.84. The number of hydrogen-bond acceptors (Lipinski definition) is 2. The number of aryl methyl sites for hydroxylation is 1. The number of hydrogen-bond donors (Lipinski definition) is 1. The van der Waals surface area contributed by atoms with Gasteiger partial charge in [0.25, 0.3) is 5.91 Å². The van der Waals surface area contributed by atoms with E-state index in [0.29, 0.717) is 11.1 Å². The molecule has 0 radical (unpaired) electrons. The van der Waals surface area contributed by atoms with Crippen molar-refractivity contribution in [3.63, 3.8) is 0 Å². The molecule has 4 nitrogen and oxygen atoms in total. The van der Waals surface area contributed by atoms with Crippen LogP contribution in [0.15, 0.2) is 18.2 Å². The van der Waals surface area contributed by atoms with Crippen LogP contribution in [0.1, 0.15) is 33.2 Å². The third kappa shape index (κ3) is 2.59. The van der Waals surface area contributed by atoms with Gasteiger partial charge < -0.3 is 10.6 Å². The molecule has 1 rings (SSSR count). The standard InChI is InChI=1S/C12H16N2O2/c1-4-8-5-9(11(13)15)7-10(6-8)12(16)14(2)3/h5-7H,4H2,1-3H3,(H2,13,15). The van der Waals surface area contributed by atoms with Crippen molar-refractivity contribution in [1.82, 2.24) is 4.90 Å². The highest BCUT2D eigenvalue weighted by Crippen LogP contribution is 2.12. The monoisotopic (exact) mass is 220 g/mol. The Morgan fingerprint density at radius 2 is 1.75 bits per heavy atom. The van der Waals surface area contributed by atoms with Gasteiger partial charge in [0.2, 0.25) is 5.91 Å². The van der Waals surface area contributed by atoms with E-state index in [4.69, 9.17) is 5.73 Å². The van der Waals surface area contributed by atoms with Gasteiger partial charge in [0, 0.05) is 25.2 Å². The second kappa shape index (κ2) is 4.79. The quantitative estimate of drug-likeness (QED) is 0.827. The predicted octanol–water partition coefficient (Wildman–Crippen LogP) is 1.05. The molecule has 0 atom stereocenters. The molecule has 16 heavy (non-hydrogen) atoms. The lowest BCUT2D eigenvalue weighted by molar-refractivity contribution is 0.0827. The summed E-state index contributed by atoms with van der Waals surface area (Å²) in [6, 6.07) is 5.04. The van der Waals surface area contributed by atoms with Crippen LogP contribution in [0, 0.1) is 0 Å². The molecule has 0 bridgehead atoms. The van der Waals surface area contributed by atoms with E-state index in [1.807, 2.05) is 6.92 Å². The van der Waals surface area contributed by atoms with Gasteiger partial charge in [-0.15, -0.1) is 0 Å². The van der Waals surface area contributed by atoms with E-state index in [-0.39, 0.29) is 5.91 Å². The van der Waals surface area contributed by atoms with Crippen molar-refractivity contribution < 1.29 is 9.59 Å². The molecule has 2 N–H and O–H groups in total. The molecule has 4 heteroatoms. The Morgan fingerprint density at radius 3 is 2.19 bits per heavy atom. The van der Waals surface area contributed by atoms with Gasteiger partial charge in [-0.2, -0.15) is 0 Å². The molecule has 0 spiro atoms. The Hall–Kier alpha value is -1.84. The average molecular weight is 220 g/mol. The highest BCUT2D eigenvalue weighted by atomic mass is 16.2. The molecule has 0 saturated heterocycles. The molecule has 0 heterocycles. The molecule has 0 aliphatic rings. The molecule has 0 aliphatic carbocycles. The maximum Gasteiger partial charge on any atom is 0.253 e. The fraction of sp³-hybridized carbons (Fsp3) is 0.333. The molecule has 86 valence electrons. The number of carbonyl (C=O) groups is 2. The fourth-order valence-electron chi connectivity index (χ4n) is 1.42. The highest BCUT2D eigenvalue weighted by molar-refractivity contribution is 5.99. The van der Waals surface area contributed by atoms with E-state index < -0.39 is 5.91 Å².